The number of amides is 1. The van der Waals surface area contributed by atoms with E-state index in [4.69, 9.17) is 27.9 Å². The van der Waals surface area contributed by atoms with Crippen molar-refractivity contribution < 1.29 is 14.6 Å². The van der Waals surface area contributed by atoms with Gasteiger partial charge in [0.05, 0.1) is 0 Å². The number of rotatable bonds is 6. The van der Waals surface area contributed by atoms with Crippen LogP contribution in [0.1, 0.15) is 24.8 Å². The van der Waals surface area contributed by atoms with Crippen molar-refractivity contribution in [1.82, 2.24) is 4.90 Å². The highest BCUT2D eigenvalue weighted by Gasteiger charge is 2.34. The first-order valence-corrected chi connectivity index (χ1v) is 10.6. The molecule has 1 aliphatic heterocycles. The minimum Gasteiger partial charge on any atom is -0.491 e. The lowest BCUT2D eigenvalue weighted by molar-refractivity contribution is -0.132. The average Bonchev–Trinajstić information content (AvgIpc) is 3.53. The Hall–Kier alpha value is -1.95. The number of β-amino-alcohol motifs (C(OH)–C–C–N with tert-alkyl or cyclic N) is 1. The van der Waals surface area contributed by atoms with Gasteiger partial charge in [-0.25, -0.2) is 0 Å². The zero-order valence-corrected chi connectivity index (χ0v) is 17.6. The third-order valence-electron chi connectivity index (χ3n) is 5.31. The number of aliphatic hydroxyl groups is 1. The van der Waals surface area contributed by atoms with E-state index in [1.807, 2.05) is 23.1 Å². The largest absolute Gasteiger partial charge is 0.491 e. The summed E-state index contributed by atoms with van der Waals surface area (Å²) >= 11 is 12.1. The second-order valence-corrected chi connectivity index (χ2v) is 8.51. The normalized spacial score (nSPS) is 18.1. The van der Waals surface area contributed by atoms with Crippen LogP contribution in [0.4, 0.5) is 5.69 Å². The Morgan fingerprint density at radius 1 is 1.10 bits per heavy atom. The van der Waals surface area contributed by atoms with Crippen LogP contribution >= 0.6 is 23.2 Å². The summed E-state index contributed by atoms with van der Waals surface area (Å²) in [5.74, 6) is 0.818. The van der Waals surface area contributed by atoms with Crippen molar-refractivity contribution in [2.75, 3.05) is 24.6 Å². The van der Waals surface area contributed by atoms with Crippen LogP contribution in [-0.4, -0.2) is 47.8 Å². The van der Waals surface area contributed by atoms with Crippen molar-refractivity contribution in [2.45, 2.75) is 38.0 Å². The van der Waals surface area contributed by atoms with Gasteiger partial charge < -0.3 is 19.6 Å². The van der Waals surface area contributed by atoms with E-state index < -0.39 is 6.10 Å². The minimum absolute atomic E-state index is 0.156. The van der Waals surface area contributed by atoms with Crippen LogP contribution < -0.4 is 9.64 Å². The molecule has 1 fully saturated rings. The Labute approximate surface area is 180 Å². The topological polar surface area (TPSA) is 53.0 Å². The van der Waals surface area contributed by atoms with Crippen molar-refractivity contribution in [3.05, 3.63) is 58.1 Å². The van der Waals surface area contributed by atoms with Gasteiger partial charge in [0, 0.05) is 47.8 Å². The number of nitrogens with zero attached hydrogens (tertiary/aromatic N) is 2. The summed E-state index contributed by atoms with van der Waals surface area (Å²) in [7, 11) is 0. The first kappa shape index (κ1) is 20.3. The van der Waals surface area contributed by atoms with Gasteiger partial charge in [0.1, 0.15) is 18.5 Å². The Morgan fingerprint density at radius 2 is 1.83 bits per heavy atom. The Bertz CT molecular complexity index is 871. The summed E-state index contributed by atoms with van der Waals surface area (Å²) in [4.78, 5) is 16.7. The molecule has 1 saturated carbocycles. The molecular formula is C22H24Cl2N2O3. The number of benzene rings is 2. The van der Waals surface area contributed by atoms with Gasteiger partial charge in [-0.05, 0) is 60.9 Å². The van der Waals surface area contributed by atoms with Gasteiger partial charge in [0.2, 0.25) is 5.91 Å². The molecule has 2 aliphatic rings. The first-order valence-electron chi connectivity index (χ1n) is 9.89. The highest BCUT2D eigenvalue weighted by molar-refractivity contribution is 6.31. The van der Waals surface area contributed by atoms with E-state index in [1.165, 1.54) is 0 Å². The van der Waals surface area contributed by atoms with Crippen LogP contribution in [0.3, 0.4) is 0 Å². The second-order valence-electron chi connectivity index (χ2n) is 7.64. The molecule has 0 saturated heterocycles. The zero-order chi connectivity index (χ0) is 20.4. The maximum atomic E-state index is 12.7. The molecule has 1 N–H and O–H groups in total. The predicted molar refractivity (Wildman–Crippen MR) is 115 cm³/mol. The summed E-state index contributed by atoms with van der Waals surface area (Å²) in [5.41, 5.74) is 2.03. The van der Waals surface area contributed by atoms with Crippen LogP contribution in [0.2, 0.25) is 10.0 Å². The predicted octanol–water partition coefficient (Wildman–Crippen LogP) is 4.13. The van der Waals surface area contributed by atoms with Crippen LogP contribution in [0.25, 0.3) is 0 Å². The molecule has 1 atom stereocenters. The highest BCUT2D eigenvalue weighted by Crippen LogP contribution is 2.34. The van der Waals surface area contributed by atoms with Crippen molar-refractivity contribution in [2.24, 2.45) is 0 Å². The molecule has 5 nitrogen and oxygen atoms in total. The third kappa shape index (κ3) is 5.16. The molecule has 0 spiro atoms. The lowest BCUT2D eigenvalue weighted by atomic mass is 10.1. The smallest absolute Gasteiger partial charge is 0.224 e. The molecule has 4 rings (SSSR count). The number of hydrogen-bond acceptors (Lipinski definition) is 4. The van der Waals surface area contributed by atoms with Crippen LogP contribution in [0.5, 0.6) is 5.75 Å². The first-order chi connectivity index (χ1) is 14.0. The molecule has 0 aromatic heterocycles. The molecule has 2 aromatic rings. The monoisotopic (exact) mass is 434 g/mol. The average molecular weight is 435 g/mol. The Morgan fingerprint density at radius 3 is 2.55 bits per heavy atom. The summed E-state index contributed by atoms with van der Waals surface area (Å²) in [6.07, 6.45) is 1.88. The fraction of sp³-hybridized carbons (Fsp3) is 0.409. The molecule has 7 heteroatoms. The fourth-order valence-corrected chi connectivity index (χ4v) is 4.02. The van der Waals surface area contributed by atoms with E-state index in [-0.39, 0.29) is 12.5 Å². The molecule has 1 aliphatic carbocycles. The van der Waals surface area contributed by atoms with E-state index in [1.54, 1.807) is 24.3 Å². The number of aliphatic hydroxyl groups excluding tert-OH is 1. The van der Waals surface area contributed by atoms with Gasteiger partial charge in [-0.2, -0.15) is 0 Å². The second kappa shape index (κ2) is 8.82. The Balaban J connectivity index is 1.46. The molecule has 0 unspecified atom stereocenters. The number of carbonyl (C=O) groups is 1. The number of ether oxygens (including phenoxy) is 1. The maximum Gasteiger partial charge on any atom is 0.224 e. The number of fused-ring (bicyclic) bond motifs is 1. The number of hydrogen-bond donors (Lipinski definition) is 1. The van der Waals surface area contributed by atoms with Gasteiger partial charge in [0.15, 0.2) is 0 Å². The SMILES string of the molecule is O=C1CCN(C[C@@H](O)COc2ccc(Cl)cc2)c2ccc(Cl)cc2CN1C1CC1. The van der Waals surface area contributed by atoms with Crippen LogP contribution in [0.15, 0.2) is 42.5 Å². The van der Waals surface area contributed by atoms with Crippen LogP contribution in [0, 0.1) is 0 Å². The number of anilines is 1. The molecular weight excluding hydrogens is 411 g/mol. The molecule has 0 bridgehead atoms. The maximum absolute atomic E-state index is 12.7. The number of halogens is 2. The lowest BCUT2D eigenvalue weighted by Gasteiger charge is -2.34. The molecule has 1 amide bonds. The fourth-order valence-electron chi connectivity index (χ4n) is 3.69. The van der Waals surface area contributed by atoms with Crippen molar-refractivity contribution in [3.8, 4) is 5.75 Å². The molecule has 1 heterocycles. The van der Waals surface area contributed by atoms with Crippen molar-refractivity contribution in [3.63, 3.8) is 0 Å². The quantitative estimate of drug-likeness (QED) is 0.742. The van der Waals surface area contributed by atoms with Crippen LogP contribution in [-0.2, 0) is 11.3 Å². The Kier molecular flexibility index (Phi) is 6.18. The van der Waals surface area contributed by atoms with Gasteiger partial charge in [-0.3, -0.25) is 4.79 Å². The van der Waals surface area contributed by atoms with E-state index >= 15 is 0 Å². The molecule has 154 valence electrons. The van der Waals surface area contributed by atoms with Gasteiger partial charge in [0.25, 0.3) is 0 Å². The molecule has 2 aromatic carbocycles. The van der Waals surface area contributed by atoms with E-state index in [0.29, 0.717) is 47.9 Å². The zero-order valence-electron chi connectivity index (χ0n) is 16.1. The van der Waals surface area contributed by atoms with E-state index in [9.17, 15) is 9.90 Å². The highest BCUT2D eigenvalue weighted by atomic mass is 35.5. The van der Waals surface area contributed by atoms with Gasteiger partial charge >= 0.3 is 0 Å². The standard InChI is InChI=1S/C22H24Cl2N2O3/c23-16-1-6-20(7-2-16)29-14-19(27)13-25-10-9-22(28)26(18-4-5-18)12-15-11-17(24)3-8-21(15)25/h1-3,6-8,11,18-19,27H,4-5,9-10,12-14H2/t19-/m1/s1. The van der Waals surface area contributed by atoms with E-state index in [2.05, 4.69) is 4.90 Å². The van der Waals surface area contributed by atoms with Crippen molar-refractivity contribution >= 4 is 34.8 Å². The molecule has 29 heavy (non-hydrogen) atoms. The number of carbonyl (C=O) groups excluding carboxylic acids is 1. The minimum atomic E-state index is -0.705. The van der Waals surface area contributed by atoms with E-state index in [0.717, 1.165) is 24.1 Å². The summed E-state index contributed by atoms with van der Waals surface area (Å²) in [6, 6.07) is 13.2. The lowest BCUT2D eigenvalue weighted by Crippen LogP contribution is -2.42. The summed E-state index contributed by atoms with van der Waals surface area (Å²) in [5, 5.41) is 11.9. The summed E-state index contributed by atoms with van der Waals surface area (Å²) < 4.78 is 5.67. The summed E-state index contributed by atoms with van der Waals surface area (Å²) in [6.45, 7) is 1.64. The van der Waals surface area contributed by atoms with Gasteiger partial charge in [-0.1, -0.05) is 23.2 Å². The van der Waals surface area contributed by atoms with Gasteiger partial charge in [-0.15, -0.1) is 0 Å². The van der Waals surface area contributed by atoms with Crippen molar-refractivity contribution in [1.29, 1.82) is 0 Å². The molecule has 0 radical (unpaired) electrons. The third-order valence-corrected chi connectivity index (χ3v) is 5.80.